The van der Waals surface area contributed by atoms with E-state index in [9.17, 15) is 5.11 Å². The minimum Gasteiger partial charge on any atom is -0.505 e. The van der Waals surface area contributed by atoms with Crippen molar-refractivity contribution >= 4 is 40.2 Å². The van der Waals surface area contributed by atoms with Crippen LogP contribution >= 0.6 is 34.5 Å². The molecule has 0 aliphatic rings. The first-order chi connectivity index (χ1) is 8.99. The fourth-order valence-electron chi connectivity index (χ4n) is 1.86. The zero-order valence-electron chi connectivity index (χ0n) is 10.7. The second-order valence-electron chi connectivity index (χ2n) is 4.67. The molecule has 2 rings (SSSR count). The Hall–Kier alpha value is -0.900. The van der Waals surface area contributed by atoms with Crippen LogP contribution in [0.1, 0.15) is 24.8 Å². The predicted octanol–water partition coefficient (Wildman–Crippen LogP) is 5.57. The summed E-state index contributed by atoms with van der Waals surface area (Å²) in [6, 6.07) is 7.70. The molecule has 2 aromatic rings. The molecule has 0 saturated heterocycles. The summed E-state index contributed by atoms with van der Waals surface area (Å²) in [6.07, 6.45) is 0. The quantitative estimate of drug-likeness (QED) is 0.723. The lowest BCUT2D eigenvalue weighted by Crippen LogP contribution is -2.15. The van der Waals surface area contributed by atoms with Crippen molar-refractivity contribution in [3.63, 3.8) is 0 Å². The summed E-state index contributed by atoms with van der Waals surface area (Å²) in [5, 5.41) is 15.6. The van der Waals surface area contributed by atoms with Gasteiger partial charge in [0, 0.05) is 10.6 Å². The van der Waals surface area contributed by atoms with Crippen LogP contribution in [0.5, 0.6) is 5.75 Å². The van der Waals surface area contributed by atoms with Crippen molar-refractivity contribution in [2.75, 3.05) is 5.32 Å². The van der Waals surface area contributed by atoms with Crippen LogP contribution in [-0.4, -0.2) is 5.11 Å². The van der Waals surface area contributed by atoms with Crippen LogP contribution < -0.4 is 5.32 Å². The smallest absolute Gasteiger partial charge is 0.152 e. The standard InChI is InChI=1S/C14H15Cl2NOS/c1-8(2)13(12-4-3-5-19-12)17-9-6-10(15)14(18)11(16)7-9/h3-8,13,17-18H,1-2H3. The monoisotopic (exact) mass is 315 g/mol. The minimum atomic E-state index is -0.0777. The van der Waals surface area contributed by atoms with Gasteiger partial charge in [0.2, 0.25) is 0 Å². The summed E-state index contributed by atoms with van der Waals surface area (Å²) >= 11 is 13.6. The molecule has 2 N–H and O–H groups in total. The van der Waals surface area contributed by atoms with Crippen molar-refractivity contribution in [3.8, 4) is 5.75 Å². The van der Waals surface area contributed by atoms with Crippen molar-refractivity contribution in [1.29, 1.82) is 0 Å². The normalized spacial score (nSPS) is 12.7. The molecule has 1 unspecified atom stereocenters. The van der Waals surface area contributed by atoms with E-state index in [2.05, 4.69) is 30.6 Å². The number of hydrogen-bond donors (Lipinski definition) is 2. The molecule has 102 valence electrons. The molecular formula is C14H15Cl2NOS. The van der Waals surface area contributed by atoms with Gasteiger partial charge in [-0.25, -0.2) is 0 Å². The van der Waals surface area contributed by atoms with E-state index in [0.29, 0.717) is 5.92 Å². The van der Waals surface area contributed by atoms with Crippen LogP contribution in [0.25, 0.3) is 0 Å². The minimum absolute atomic E-state index is 0.0777. The van der Waals surface area contributed by atoms with Gasteiger partial charge in [0.05, 0.1) is 16.1 Å². The summed E-state index contributed by atoms with van der Waals surface area (Å²) in [5.74, 6) is 0.344. The second-order valence-corrected chi connectivity index (χ2v) is 6.46. The Labute approximate surface area is 127 Å². The van der Waals surface area contributed by atoms with Gasteiger partial charge in [-0.05, 0) is 29.5 Å². The number of halogens is 2. The van der Waals surface area contributed by atoms with Crippen LogP contribution in [0.2, 0.25) is 10.0 Å². The first-order valence-corrected chi connectivity index (χ1v) is 7.60. The number of anilines is 1. The van der Waals surface area contributed by atoms with Crippen LogP contribution in [0.15, 0.2) is 29.6 Å². The number of phenols is 1. The molecule has 0 bridgehead atoms. The lowest BCUT2D eigenvalue weighted by Gasteiger charge is -2.23. The SMILES string of the molecule is CC(C)C(Nc1cc(Cl)c(O)c(Cl)c1)c1cccs1. The summed E-state index contributed by atoms with van der Waals surface area (Å²) in [4.78, 5) is 1.26. The Kier molecular flexibility index (Phi) is 4.61. The van der Waals surface area contributed by atoms with Gasteiger partial charge in [-0.3, -0.25) is 0 Å². The van der Waals surface area contributed by atoms with E-state index in [1.54, 1.807) is 23.5 Å². The van der Waals surface area contributed by atoms with E-state index >= 15 is 0 Å². The van der Waals surface area contributed by atoms with Crippen molar-refractivity contribution in [2.45, 2.75) is 19.9 Å². The maximum Gasteiger partial charge on any atom is 0.152 e. The number of benzene rings is 1. The summed E-state index contributed by atoms with van der Waals surface area (Å²) in [6.45, 7) is 4.31. The molecule has 1 atom stereocenters. The molecule has 0 aliphatic carbocycles. The van der Waals surface area contributed by atoms with Crippen molar-refractivity contribution in [1.82, 2.24) is 0 Å². The van der Waals surface area contributed by atoms with Gasteiger partial charge in [0.15, 0.2) is 5.75 Å². The van der Waals surface area contributed by atoms with Crippen LogP contribution in [-0.2, 0) is 0 Å². The highest BCUT2D eigenvalue weighted by molar-refractivity contribution is 7.10. The molecule has 19 heavy (non-hydrogen) atoms. The van der Waals surface area contributed by atoms with Gasteiger partial charge in [0.25, 0.3) is 0 Å². The van der Waals surface area contributed by atoms with E-state index in [4.69, 9.17) is 23.2 Å². The van der Waals surface area contributed by atoms with E-state index < -0.39 is 0 Å². The largest absolute Gasteiger partial charge is 0.505 e. The van der Waals surface area contributed by atoms with Gasteiger partial charge < -0.3 is 10.4 Å². The topological polar surface area (TPSA) is 32.3 Å². The predicted molar refractivity (Wildman–Crippen MR) is 83.6 cm³/mol. The second kappa shape index (κ2) is 6.04. The molecule has 1 aromatic carbocycles. The number of rotatable bonds is 4. The van der Waals surface area contributed by atoms with E-state index in [1.165, 1.54) is 4.88 Å². The molecule has 0 amide bonds. The van der Waals surface area contributed by atoms with Gasteiger partial charge in [0.1, 0.15) is 0 Å². The number of thiophene rings is 1. The van der Waals surface area contributed by atoms with Gasteiger partial charge >= 0.3 is 0 Å². The van der Waals surface area contributed by atoms with Crippen molar-refractivity contribution < 1.29 is 5.11 Å². The van der Waals surface area contributed by atoms with Crippen LogP contribution in [0, 0.1) is 5.92 Å². The number of phenolic OH excluding ortho intramolecular Hbond substituents is 1. The lowest BCUT2D eigenvalue weighted by atomic mass is 10.0. The first-order valence-electron chi connectivity index (χ1n) is 5.97. The van der Waals surface area contributed by atoms with E-state index in [0.717, 1.165) is 5.69 Å². The van der Waals surface area contributed by atoms with E-state index in [-0.39, 0.29) is 21.8 Å². The Bertz CT molecular complexity index is 532. The molecule has 0 aliphatic heterocycles. The molecule has 1 heterocycles. The summed E-state index contributed by atoms with van der Waals surface area (Å²) in [5.41, 5.74) is 0.805. The first kappa shape index (κ1) is 14.5. The molecule has 2 nitrogen and oxygen atoms in total. The highest BCUT2D eigenvalue weighted by atomic mass is 35.5. The molecule has 5 heteroatoms. The molecular weight excluding hydrogens is 301 g/mol. The van der Waals surface area contributed by atoms with Gasteiger partial charge in [-0.1, -0.05) is 43.1 Å². The Morgan fingerprint density at radius 1 is 1.21 bits per heavy atom. The van der Waals surface area contributed by atoms with Crippen molar-refractivity contribution in [3.05, 3.63) is 44.6 Å². The fourth-order valence-corrected chi connectivity index (χ4v) is 3.30. The molecule has 0 radical (unpaired) electrons. The van der Waals surface area contributed by atoms with Crippen LogP contribution in [0.3, 0.4) is 0 Å². The highest BCUT2D eigenvalue weighted by Crippen LogP contribution is 2.37. The maximum absolute atomic E-state index is 9.57. The maximum atomic E-state index is 9.57. The molecule has 1 aromatic heterocycles. The Morgan fingerprint density at radius 2 is 1.84 bits per heavy atom. The zero-order valence-corrected chi connectivity index (χ0v) is 13.0. The Balaban J connectivity index is 2.28. The van der Waals surface area contributed by atoms with Crippen molar-refractivity contribution in [2.24, 2.45) is 5.92 Å². The number of hydrogen-bond acceptors (Lipinski definition) is 3. The third-order valence-electron chi connectivity index (χ3n) is 2.86. The van der Waals surface area contributed by atoms with Gasteiger partial charge in [-0.2, -0.15) is 0 Å². The average Bonchev–Trinajstić information content (AvgIpc) is 2.86. The lowest BCUT2D eigenvalue weighted by molar-refractivity contribution is 0.476. The zero-order chi connectivity index (χ0) is 14.0. The fraction of sp³-hybridized carbons (Fsp3) is 0.286. The summed E-state index contributed by atoms with van der Waals surface area (Å²) < 4.78 is 0. The molecule has 0 spiro atoms. The van der Waals surface area contributed by atoms with Crippen LogP contribution in [0.4, 0.5) is 5.69 Å². The van der Waals surface area contributed by atoms with Gasteiger partial charge in [-0.15, -0.1) is 11.3 Å². The van der Waals surface area contributed by atoms with E-state index in [1.807, 2.05) is 6.07 Å². The average molecular weight is 316 g/mol. The Morgan fingerprint density at radius 3 is 2.32 bits per heavy atom. The number of aromatic hydroxyl groups is 1. The summed E-state index contributed by atoms with van der Waals surface area (Å²) in [7, 11) is 0. The third-order valence-corrected chi connectivity index (χ3v) is 4.39. The molecule has 0 saturated carbocycles. The highest BCUT2D eigenvalue weighted by Gasteiger charge is 2.17. The number of nitrogens with one attached hydrogen (secondary N) is 1. The third kappa shape index (κ3) is 3.35. The molecule has 0 fully saturated rings.